The van der Waals surface area contributed by atoms with Crippen LogP contribution in [0.5, 0.6) is 0 Å². The van der Waals surface area contributed by atoms with Crippen molar-refractivity contribution in [2.24, 2.45) is 0 Å². The van der Waals surface area contributed by atoms with Crippen molar-refractivity contribution in [3.63, 3.8) is 0 Å². The molecule has 0 saturated heterocycles. The summed E-state index contributed by atoms with van der Waals surface area (Å²) in [4.78, 5) is 30.9. The molecule has 0 saturated carbocycles. The molecule has 0 bridgehead atoms. The third-order valence-electron chi connectivity index (χ3n) is 2.74. The Kier molecular flexibility index (Phi) is 4.61. The molecule has 0 radical (unpaired) electrons. The number of hydrogen-bond donors (Lipinski definition) is 2. The standard InChI is InChI=1S/C12H19N3O3/c1-7(16)6-15(4)11(17)5-10-8(2)13-12(18)14-9(10)3/h7,16H,5-6H2,1-4H3,(H,13,14,18). The third-order valence-corrected chi connectivity index (χ3v) is 2.74. The summed E-state index contributed by atoms with van der Waals surface area (Å²) in [5.74, 6) is -0.115. The number of amides is 1. The summed E-state index contributed by atoms with van der Waals surface area (Å²) in [5.41, 5.74) is 1.55. The van der Waals surface area contributed by atoms with Crippen molar-refractivity contribution in [1.29, 1.82) is 0 Å². The molecule has 1 unspecified atom stereocenters. The van der Waals surface area contributed by atoms with Gasteiger partial charge in [0.2, 0.25) is 5.91 Å². The third kappa shape index (κ3) is 3.66. The first kappa shape index (κ1) is 14.4. The van der Waals surface area contributed by atoms with E-state index in [1.807, 2.05) is 0 Å². The minimum absolute atomic E-state index is 0.115. The number of aromatic nitrogens is 2. The number of likely N-dealkylation sites (N-methyl/N-ethyl adjacent to an activating group) is 1. The monoisotopic (exact) mass is 253 g/mol. The Morgan fingerprint density at radius 1 is 1.50 bits per heavy atom. The molecule has 0 aliphatic carbocycles. The Labute approximate surface area is 106 Å². The van der Waals surface area contributed by atoms with Crippen LogP contribution in [0.25, 0.3) is 0 Å². The van der Waals surface area contributed by atoms with Crippen molar-refractivity contribution in [3.8, 4) is 0 Å². The molecule has 18 heavy (non-hydrogen) atoms. The van der Waals surface area contributed by atoms with Crippen molar-refractivity contribution in [2.75, 3.05) is 13.6 Å². The van der Waals surface area contributed by atoms with E-state index >= 15 is 0 Å². The molecule has 1 atom stereocenters. The zero-order valence-corrected chi connectivity index (χ0v) is 11.1. The van der Waals surface area contributed by atoms with E-state index in [-0.39, 0.29) is 18.9 Å². The minimum atomic E-state index is -0.560. The second-order valence-electron chi connectivity index (χ2n) is 4.53. The second-order valence-corrected chi connectivity index (χ2v) is 4.53. The van der Waals surface area contributed by atoms with E-state index in [4.69, 9.17) is 0 Å². The van der Waals surface area contributed by atoms with E-state index in [2.05, 4.69) is 9.97 Å². The molecule has 6 nitrogen and oxygen atoms in total. The molecule has 0 fully saturated rings. The highest BCUT2D eigenvalue weighted by atomic mass is 16.3. The summed E-state index contributed by atoms with van der Waals surface area (Å²) in [5, 5.41) is 9.23. The first-order valence-corrected chi connectivity index (χ1v) is 5.79. The van der Waals surface area contributed by atoms with Gasteiger partial charge >= 0.3 is 5.69 Å². The topological polar surface area (TPSA) is 86.3 Å². The van der Waals surface area contributed by atoms with E-state index < -0.39 is 11.8 Å². The second kappa shape index (κ2) is 5.77. The van der Waals surface area contributed by atoms with Crippen molar-refractivity contribution >= 4 is 5.91 Å². The average Bonchev–Trinajstić information content (AvgIpc) is 2.21. The van der Waals surface area contributed by atoms with Gasteiger partial charge in [-0.2, -0.15) is 4.98 Å². The maximum Gasteiger partial charge on any atom is 0.345 e. The summed E-state index contributed by atoms with van der Waals surface area (Å²) in [7, 11) is 1.64. The molecular weight excluding hydrogens is 234 g/mol. The van der Waals surface area contributed by atoms with Crippen LogP contribution in [0.15, 0.2) is 4.79 Å². The van der Waals surface area contributed by atoms with Gasteiger partial charge in [0, 0.05) is 30.5 Å². The van der Waals surface area contributed by atoms with Crippen LogP contribution in [-0.4, -0.2) is 45.6 Å². The highest BCUT2D eigenvalue weighted by molar-refractivity contribution is 5.79. The number of aromatic amines is 1. The van der Waals surface area contributed by atoms with Gasteiger partial charge in [0.25, 0.3) is 0 Å². The van der Waals surface area contributed by atoms with Gasteiger partial charge in [-0.15, -0.1) is 0 Å². The van der Waals surface area contributed by atoms with Crippen LogP contribution >= 0.6 is 0 Å². The van der Waals surface area contributed by atoms with E-state index in [9.17, 15) is 14.7 Å². The molecule has 1 amide bonds. The fraction of sp³-hybridized carbons (Fsp3) is 0.583. The van der Waals surface area contributed by atoms with E-state index in [0.29, 0.717) is 11.4 Å². The predicted molar refractivity (Wildman–Crippen MR) is 67.4 cm³/mol. The molecule has 6 heteroatoms. The smallest absolute Gasteiger partial charge is 0.345 e. The summed E-state index contributed by atoms with van der Waals surface area (Å²) in [6.07, 6.45) is -0.389. The van der Waals surface area contributed by atoms with Crippen LogP contribution in [0, 0.1) is 13.8 Å². The molecule has 1 rings (SSSR count). The van der Waals surface area contributed by atoms with Gasteiger partial charge in [-0.1, -0.05) is 0 Å². The minimum Gasteiger partial charge on any atom is -0.392 e. The Morgan fingerprint density at radius 3 is 2.61 bits per heavy atom. The molecule has 0 aliphatic rings. The number of nitrogens with one attached hydrogen (secondary N) is 1. The molecule has 0 aliphatic heterocycles. The lowest BCUT2D eigenvalue weighted by Gasteiger charge is -2.19. The lowest BCUT2D eigenvalue weighted by atomic mass is 10.1. The zero-order chi connectivity index (χ0) is 13.9. The fourth-order valence-electron chi connectivity index (χ4n) is 1.80. The summed E-state index contributed by atoms with van der Waals surface area (Å²) in [6, 6.07) is 0. The van der Waals surface area contributed by atoms with Gasteiger partial charge in [0.15, 0.2) is 0 Å². The zero-order valence-electron chi connectivity index (χ0n) is 11.1. The van der Waals surface area contributed by atoms with E-state index in [1.54, 1.807) is 27.8 Å². The van der Waals surface area contributed by atoms with Crippen LogP contribution in [0.4, 0.5) is 0 Å². The first-order chi connectivity index (χ1) is 8.31. The highest BCUT2D eigenvalue weighted by Gasteiger charge is 2.15. The van der Waals surface area contributed by atoms with Crippen molar-refractivity contribution in [3.05, 3.63) is 27.4 Å². The molecule has 0 spiro atoms. The molecular formula is C12H19N3O3. The largest absolute Gasteiger partial charge is 0.392 e. The quantitative estimate of drug-likeness (QED) is 0.776. The predicted octanol–water partition coefficient (Wildman–Crippen LogP) is -0.232. The van der Waals surface area contributed by atoms with Crippen molar-refractivity contribution < 1.29 is 9.90 Å². The van der Waals surface area contributed by atoms with E-state index in [0.717, 1.165) is 5.56 Å². The number of carbonyl (C=O) groups excluding carboxylic acids is 1. The summed E-state index contributed by atoms with van der Waals surface area (Å²) >= 11 is 0. The normalized spacial score (nSPS) is 12.3. The number of aliphatic hydroxyl groups is 1. The maximum absolute atomic E-state index is 11.9. The summed E-state index contributed by atoms with van der Waals surface area (Å²) in [6.45, 7) is 5.36. The fourth-order valence-corrected chi connectivity index (χ4v) is 1.80. The van der Waals surface area contributed by atoms with Crippen LogP contribution < -0.4 is 5.69 Å². The number of nitrogens with zero attached hydrogens (tertiary/aromatic N) is 2. The van der Waals surface area contributed by atoms with Gasteiger partial charge in [0.1, 0.15) is 0 Å². The lowest BCUT2D eigenvalue weighted by Crippen LogP contribution is -2.34. The van der Waals surface area contributed by atoms with Crippen molar-refractivity contribution in [1.82, 2.24) is 14.9 Å². The maximum atomic E-state index is 11.9. The molecule has 0 aromatic carbocycles. The number of aryl methyl sites for hydroxylation is 2. The van der Waals surface area contributed by atoms with Crippen LogP contribution in [0.1, 0.15) is 23.9 Å². The Bertz CT molecular complexity index is 468. The lowest BCUT2D eigenvalue weighted by molar-refractivity contribution is -0.130. The average molecular weight is 253 g/mol. The number of hydrogen-bond acceptors (Lipinski definition) is 4. The number of carbonyl (C=O) groups is 1. The Hall–Kier alpha value is -1.69. The van der Waals surface area contributed by atoms with Crippen LogP contribution in [-0.2, 0) is 11.2 Å². The van der Waals surface area contributed by atoms with Crippen molar-refractivity contribution in [2.45, 2.75) is 33.3 Å². The van der Waals surface area contributed by atoms with Gasteiger partial charge in [0.05, 0.1) is 12.5 Å². The Balaban J connectivity index is 2.85. The molecule has 1 heterocycles. The molecule has 2 N–H and O–H groups in total. The highest BCUT2D eigenvalue weighted by Crippen LogP contribution is 2.09. The van der Waals surface area contributed by atoms with Crippen LogP contribution in [0.2, 0.25) is 0 Å². The molecule has 100 valence electrons. The van der Waals surface area contributed by atoms with Gasteiger partial charge in [-0.3, -0.25) is 4.79 Å². The van der Waals surface area contributed by atoms with Crippen LogP contribution in [0.3, 0.4) is 0 Å². The number of H-pyrrole nitrogens is 1. The first-order valence-electron chi connectivity index (χ1n) is 5.79. The molecule has 1 aromatic heterocycles. The number of aliphatic hydroxyl groups excluding tert-OH is 1. The number of rotatable bonds is 4. The van der Waals surface area contributed by atoms with E-state index in [1.165, 1.54) is 4.90 Å². The molecule has 1 aromatic rings. The van der Waals surface area contributed by atoms with Gasteiger partial charge < -0.3 is 15.0 Å². The Morgan fingerprint density at radius 2 is 2.11 bits per heavy atom. The van der Waals surface area contributed by atoms with Gasteiger partial charge in [-0.25, -0.2) is 4.79 Å². The summed E-state index contributed by atoms with van der Waals surface area (Å²) < 4.78 is 0. The van der Waals surface area contributed by atoms with Gasteiger partial charge in [-0.05, 0) is 20.8 Å². The SMILES string of the molecule is Cc1nc(=O)[nH]c(C)c1CC(=O)N(C)CC(C)O.